The minimum absolute atomic E-state index is 0.0146. The van der Waals surface area contributed by atoms with Crippen LogP contribution in [0.5, 0.6) is 0 Å². The Hall–Kier alpha value is -1.42. The van der Waals surface area contributed by atoms with Gasteiger partial charge in [-0.3, -0.25) is 9.59 Å². The Morgan fingerprint density at radius 2 is 2.13 bits per heavy atom. The maximum absolute atomic E-state index is 12.5. The number of hydrogen-bond donors (Lipinski definition) is 1. The van der Waals surface area contributed by atoms with Crippen molar-refractivity contribution in [1.82, 2.24) is 0 Å². The Balaban J connectivity index is 2.46. The van der Waals surface area contributed by atoms with Gasteiger partial charge in [-0.2, -0.15) is 0 Å². The van der Waals surface area contributed by atoms with E-state index in [0.29, 0.717) is 6.42 Å². The molecule has 4 atom stereocenters. The van der Waals surface area contributed by atoms with Crippen LogP contribution in [0.4, 0.5) is 0 Å². The first-order valence-corrected chi connectivity index (χ1v) is 8.37. The molecule has 0 bridgehead atoms. The summed E-state index contributed by atoms with van der Waals surface area (Å²) in [6.07, 6.45) is 7.68. The molecule has 4 nitrogen and oxygen atoms in total. The fourth-order valence-corrected chi connectivity index (χ4v) is 4.98. The van der Waals surface area contributed by atoms with Crippen LogP contribution in [0.2, 0.25) is 0 Å². The molecule has 4 heteroatoms. The van der Waals surface area contributed by atoms with Crippen molar-refractivity contribution in [2.24, 2.45) is 22.7 Å². The highest BCUT2D eigenvalue weighted by molar-refractivity contribution is 5.87. The number of ether oxygens (including phenoxy) is 1. The van der Waals surface area contributed by atoms with Gasteiger partial charge in [0.2, 0.25) is 0 Å². The first-order valence-electron chi connectivity index (χ1n) is 8.37. The molecule has 2 fully saturated rings. The lowest BCUT2D eigenvalue weighted by Crippen LogP contribution is -2.56. The number of ketones is 1. The van der Waals surface area contributed by atoms with Crippen molar-refractivity contribution < 1.29 is 19.4 Å². The molecular weight excluding hydrogens is 292 g/mol. The van der Waals surface area contributed by atoms with E-state index in [-0.39, 0.29) is 35.6 Å². The SMILES string of the molecule is C=C1CC[C@H]2[C@@](CO)(C(=O)OC)CCC[C@]2(C)[C@H]1C=CC(C)=O. The number of aliphatic hydroxyl groups is 1. The molecule has 0 heterocycles. The molecule has 2 aliphatic carbocycles. The van der Waals surface area contributed by atoms with E-state index in [4.69, 9.17) is 4.74 Å². The van der Waals surface area contributed by atoms with Crippen molar-refractivity contribution in [2.45, 2.75) is 46.0 Å². The topological polar surface area (TPSA) is 63.6 Å². The Kier molecular flexibility index (Phi) is 5.14. The van der Waals surface area contributed by atoms with Crippen molar-refractivity contribution in [3.63, 3.8) is 0 Å². The average Bonchev–Trinajstić information content (AvgIpc) is 2.51. The van der Waals surface area contributed by atoms with Gasteiger partial charge in [0, 0.05) is 5.92 Å². The molecule has 2 aliphatic rings. The normalized spacial score (nSPS) is 37.5. The number of hydrogen-bond acceptors (Lipinski definition) is 4. The molecule has 0 aromatic carbocycles. The van der Waals surface area contributed by atoms with E-state index < -0.39 is 5.41 Å². The van der Waals surface area contributed by atoms with E-state index in [9.17, 15) is 14.7 Å². The molecule has 0 saturated heterocycles. The van der Waals surface area contributed by atoms with Crippen molar-refractivity contribution in [1.29, 1.82) is 0 Å². The second-order valence-electron chi connectivity index (χ2n) is 7.36. The third-order valence-corrected chi connectivity index (χ3v) is 6.10. The number of fused-ring (bicyclic) bond motifs is 1. The number of carbonyl (C=O) groups excluding carboxylic acids is 2. The zero-order chi connectivity index (χ0) is 17.3. The molecular formula is C19H28O4. The summed E-state index contributed by atoms with van der Waals surface area (Å²) in [5.74, 6) is -0.201. The summed E-state index contributed by atoms with van der Waals surface area (Å²) in [4.78, 5) is 23.9. The molecule has 0 aliphatic heterocycles. The fraction of sp³-hybridized carbons (Fsp3) is 0.684. The summed E-state index contributed by atoms with van der Waals surface area (Å²) in [6, 6.07) is 0. The number of methoxy groups -OCH3 is 1. The van der Waals surface area contributed by atoms with E-state index in [1.165, 1.54) is 14.0 Å². The zero-order valence-electron chi connectivity index (χ0n) is 14.4. The van der Waals surface area contributed by atoms with Gasteiger partial charge < -0.3 is 9.84 Å². The highest BCUT2D eigenvalue weighted by Crippen LogP contribution is 2.61. The molecule has 0 radical (unpaired) electrons. The lowest BCUT2D eigenvalue weighted by Gasteiger charge is -2.57. The van der Waals surface area contributed by atoms with Crippen LogP contribution in [0.15, 0.2) is 24.3 Å². The molecule has 2 saturated carbocycles. The summed E-state index contributed by atoms with van der Waals surface area (Å²) in [7, 11) is 1.39. The maximum atomic E-state index is 12.5. The Labute approximate surface area is 138 Å². The summed E-state index contributed by atoms with van der Waals surface area (Å²) < 4.78 is 5.04. The molecule has 2 rings (SSSR count). The van der Waals surface area contributed by atoms with Gasteiger partial charge in [-0.15, -0.1) is 0 Å². The predicted molar refractivity (Wildman–Crippen MR) is 88.7 cm³/mol. The summed E-state index contributed by atoms with van der Waals surface area (Å²) in [5.41, 5.74) is 0.0983. The van der Waals surface area contributed by atoms with Gasteiger partial charge in [0.25, 0.3) is 0 Å². The lowest BCUT2D eigenvalue weighted by molar-refractivity contribution is -0.174. The molecule has 0 aromatic rings. The van der Waals surface area contributed by atoms with Crippen molar-refractivity contribution in [3.05, 3.63) is 24.3 Å². The number of allylic oxidation sites excluding steroid dienone is 3. The van der Waals surface area contributed by atoms with Crippen molar-refractivity contribution in [2.75, 3.05) is 13.7 Å². The second-order valence-corrected chi connectivity index (χ2v) is 7.36. The quantitative estimate of drug-likeness (QED) is 0.491. The molecule has 128 valence electrons. The lowest BCUT2D eigenvalue weighted by atomic mass is 9.47. The van der Waals surface area contributed by atoms with Crippen LogP contribution in [-0.4, -0.2) is 30.6 Å². The van der Waals surface area contributed by atoms with Crippen LogP contribution in [0.25, 0.3) is 0 Å². The zero-order valence-corrected chi connectivity index (χ0v) is 14.4. The van der Waals surface area contributed by atoms with E-state index in [0.717, 1.165) is 31.3 Å². The van der Waals surface area contributed by atoms with Crippen molar-refractivity contribution in [3.8, 4) is 0 Å². The molecule has 1 N–H and O–H groups in total. The standard InChI is InChI=1S/C19H28O4/c1-13-6-9-16-18(3,15(13)8-7-14(2)21)10-5-11-19(16,12-20)17(22)23-4/h7-8,15-16,20H,1,5-6,9-12H2,2-4H3/t15-,16+,18+,19+/m0/s1. The Morgan fingerprint density at radius 3 is 2.70 bits per heavy atom. The monoisotopic (exact) mass is 320 g/mol. The minimum atomic E-state index is -0.829. The van der Waals surface area contributed by atoms with Gasteiger partial charge in [0.15, 0.2) is 5.78 Å². The highest BCUT2D eigenvalue weighted by Gasteiger charge is 2.59. The van der Waals surface area contributed by atoms with E-state index >= 15 is 0 Å². The van der Waals surface area contributed by atoms with Crippen LogP contribution >= 0.6 is 0 Å². The van der Waals surface area contributed by atoms with Crippen LogP contribution in [0.1, 0.15) is 46.0 Å². The maximum Gasteiger partial charge on any atom is 0.314 e. The number of aliphatic hydroxyl groups excluding tert-OH is 1. The molecule has 0 spiro atoms. The minimum Gasteiger partial charge on any atom is -0.469 e. The van der Waals surface area contributed by atoms with Crippen LogP contribution < -0.4 is 0 Å². The predicted octanol–water partition coefficient (Wildman–Crippen LogP) is 3.06. The summed E-state index contributed by atoms with van der Waals surface area (Å²) in [5, 5.41) is 10.1. The second kappa shape index (κ2) is 6.60. The summed E-state index contributed by atoms with van der Waals surface area (Å²) in [6.45, 7) is 7.73. The molecule has 0 amide bonds. The van der Waals surface area contributed by atoms with E-state index in [1.54, 1.807) is 6.08 Å². The first-order chi connectivity index (χ1) is 10.8. The first kappa shape index (κ1) is 17.9. The third kappa shape index (κ3) is 2.89. The van der Waals surface area contributed by atoms with Gasteiger partial charge in [0.05, 0.1) is 19.1 Å². The van der Waals surface area contributed by atoms with E-state index in [2.05, 4.69) is 13.5 Å². The third-order valence-electron chi connectivity index (χ3n) is 6.10. The Bertz CT molecular complexity index is 535. The number of rotatable bonds is 4. The van der Waals surface area contributed by atoms with E-state index in [1.807, 2.05) is 6.08 Å². The molecule has 0 unspecified atom stereocenters. The largest absolute Gasteiger partial charge is 0.469 e. The molecule has 23 heavy (non-hydrogen) atoms. The number of carbonyl (C=O) groups is 2. The number of esters is 1. The van der Waals surface area contributed by atoms with Gasteiger partial charge in [0.1, 0.15) is 0 Å². The fourth-order valence-electron chi connectivity index (χ4n) is 4.98. The van der Waals surface area contributed by atoms with Crippen LogP contribution in [0, 0.1) is 22.7 Å². The average molecular weight is 320 g/mol. The molecule has 0 aromatic heterocycles. The van der Waals surface area contributed by atoms with Crippen LogP contribution in [-0.2, 0) is 14.3 Å². The smallest absolute Gasteiger partial charge is 0.314 e. The van der Waals surface area contributed by atoms with Gasteiger partial charge in [-0.05, 0) is 50.0 Å². The van der Waals surface area contributed by atoms with Gasteiger partial charge >= 0.3 is 5.97 Å². The van der Waals surface area contributed by atoms with Crippen molar-refractivity contribution >= 4 is 11.8 Å². The Morgan fingerprint density at radius 1 is 1.43 bits per heavy atom. The van der Waals surface area contributed by atoms with Gasteiger partial charge in [-0.1, -0.05) is 31.6 Å². The highest BCUT2D eigenvalue weighted by atomic mass is 16.5. The van der Waals surface area contributed by atoms with Crippen LogP contribution in [0.3, 0.4) is 0 Å². The summed E-state index contributed by atoms with van der Waals surface area (Å²) >= 11 is 0. The van der Waals surface area contributed by atoms with Gasteiger partial charge in [-0.25, -0.2) is 0 Å².